The first-order valence-corrected chi connectivity index (χ1v) is 8.08. The highest BCUT2D eigenvalue weighted by Gasteiger charge is 2.21. The Labute approximate surface area is 128 Å². The van der Waals surface area contributed by atoms with Crippen LogP contribution in [-0.2, 0) is 11.2 Å². The minimum atomic E-state index is -0.793. The molecule has 0 bridgehead atoms. The van der Waals surface area contributed by atoms with Crippen LogP contribution in [0.1, 0.15) is 57.4 Å². The Balaban J connectivity index is 2.34. The average molecular weight is 292 g/mol. The van der Waals surface area contributed by atoms with E-state index < -0.39 is 18.0 Å². The van der Waals surface area contributed by atoms with Gasteiger partial charge in [0.25, 0.3) is 0 Å². The number of carbonyl (C=O) groups is 1. The second kappa shape index (κ2) is 10.4. The first-order chi connectivity index (χ1) is 10.1. The normalized spacial score (nSPS) is 13.8. The molecule has 1 rings (SSSR count). The zero-order chi connectivity index (χ0) is 15.5. The molecule has 0 aliphatic rings. The lowest BCUT2D eigenvalue weighted by Crippen LogP contribution is -2.21. The first-order valence-electron chi connectivity index (χ1n) is 8.08. The summed E-state index contributed by atoms with van der Waals surface area (Å²) in [5.74, 6) is -1.25. The van der Waals surface area contributed by atoms with Crippen LogP contribution in [0.2, 0.25) is 0 Å². The fourth-order valence-electron chi connectivity index (χ4n) is 2.58. The summed E-state index contributed by atoms with van der Waals surface area (Å²) in [5.41, 5.74) is 1.15. The van der Waals surface area contributed by atoms with Crippen LogP contribution in [-0.4, -0.2) is 22.3 Å². The van der Waals surface area contributed by atoms with E-state index in [4.69, 9.17) is 0 Å². The summed E-state index contributed by atoms with van der Waals surface area (Å²) < 4.78 is 0. The van der Waals surface area contributed by atoms with Crippen molar-refractivity contribution >= 4 is 5.97 Å². The number of hydrogen-bond donors (Lipinski definition) is 2. The van der Waals surface area contributed by atoms with Crippen molar-refractivity contribution in [3.05, 3.63) is 35.9 Å². The lowest BCUT2D eigenvalue weighted by atomic mass is 9.92. The average Bonchev–Trinajstić information content (AvgIpc) is 2.48. The fraction of sp³-hybridized carbons (Fsp3) is 0.611. The highest BCUT2D eigenvalue weighted by atomic mass is 16.4. The summed E-state index contributed by atoms with van der Waals surface area (Å²) in [6.07, 6.45) is 6.40. The fourth-order valence-corrected chi connectivity index (χ4v) is 2.58. The molecular formula is C18H28O3. The number of rotatable bonds is 11. The lowest BCUT2D eigenvalue weighted by Gasteiger charge is -2.17. The van der Waals surface area contributed by atoms with E-state index in [2.05, 4.69) is 6.92 Å². The minimum Gasteiger partial charge on any atom is -0.481 e. The molecule has 0 spiro atoms. The Morgan fingerprint density at radius 3 is 2.43 bits per heavy atom. The van der Waals surface area contributed by atoms with Crippen LogP contribution >= 0.6 is 0 Å². The molecule has 0 radical (unpaired) electrons. The monoisotopic (exact) mass is 292 g/mol. The van der Waals surface area contributed by atoms with Crippen LogP contribution in [0.25, 0.3) is 0 Å². The molecule has 21 heavy (non-hydrogen) atoms. The predicted molar refractivity (Wildman–Crippen MR) is 85.3 cm³/mol. The van der Waals surface area contributed by atoms with E-state index in [-0.39, 0.29) is 0 Å². The number of carboxylic acid groups (broad SMARTS) is 1. The Kier molecular flexibility index (Phi) is 8.76. The van der Waals surface area contributed by atoms with Crippen molar-refractivity contribution in [2.45, 2.75) is 64.4 Å². The van der Waals surface area contributed by atoms with Crippen molar-refractivity contribution in [1.29, 1.82) is 0 Å². The standard InChI is InChI=1S/C18H28O3/c1-2-3-4-8-11-17(19)14-16(18(20)21)13-12-15-9-6-5-7-10-15/h5-7,9-10,16-17,19H,2-4,8,11-14H2,1H3,(H,20,21). The number of benzene rings is 1. The Bertz CT molecular complexity index is 389. The number of aliphatic carboxylic acids is 1. The number of aliphatic hydroxyl groups excluding tert-OH is 1. The van der Waals surface area contributed by atoms with Crippen molar-refractivity contribution < 1.29 is 15.0 Å². The molecule has 0 fully saturated rings. The van der Waals surface area contributed by atoms with Gasteiger partial charge in [-0.2, -0.15) is 0 Å². The molecule has 3 nitrogen and oxygen atoms in total. The molecule has 0 aromatic heterocycles. The molecule has 3 heteroatoms. The molecule has 0 heterocycles. The van der Waals surface area contributed by atoms with Gasteiger partial charge in [-0.3, -0.25) is 4.79 Å². The van der Waals surface area contributed by atoms with Crippen LogP contribution in [0.4, 0.5) is 0 Å². The Morgan fingerprint density at radius 1 is 1.10 bits per heavy atom. The van der Waals surface area contributed by atoms with Crippen LogP contribution in [0.15, 0.2) is 30.3 Å². The third-order valence-electron chi connectivity index (χ3n) is 3.92. The Hall–Kier alpha value is -1.35. The highest BCUT2D eigenvalue weighted by molar-refractivity contribution is 5.70. The largest absolute Gasteiger partial charge is 0.481 e. The maximum atomic E-state index is 11.3. The molecule has 0 saturated carbocycles. The molecule has 0 amide bonds. The molecule has 1 aromatic rings. The maximum Gasteiger partial charge on any atom is 0.306 e. The van der Waals surface area contributed by atoms with Crippen LogP contribution in [0.5, 0.6) is 0 Å². The summed E-state index contributed by atoms with van der Waals surface area (Å²) in [5, 5.41) is 19.3. The van der Waals surface area contributed by atoms with Gasteiger partial charge in [0.15, 0.2) is 0 Å². The van der Waals surface area contributed by atoms with Crippen LogP contribution in [0.3, 0.4) is 0 Å². The van der Waals surface area contributed by atoms with Gasteiger partial charge < -0.3 is 10.2 Å². The number of carboxylic acids is 1. The third kappa shape index (κ3) is 7.86. The van der Waals surface area contributed by atoms with Crippen molar-refractivity contribution in [2.75, 3.05) is 0 Å². The van der Waals surface area contributed by atoms with E-state index >= 15 is 0 Å². The minimum absolute atomic E-state index is 0.369. The number of aryl methyl sites for hydroxylation is 1. The molecule has 2 atom stereocenters. The molecule has 2 N–H and O–H groups in total. The van der Waals surface area contributed by atoms with E-state index in [0.29, 0.717) is 12.8 Å². The number of aliphatic hydroxyl groups is 1. The summed E-state index contributed by atoms with van der Waals surface area (Å²) >= 11 is 0. The van der Waals surface area contributed by atoms with Crippen LogP contribution < -0.4 is 0 Å². The molecular weight excluding hydrogens is 264 g/mol. The molecule has 118 valence electrons. The maximum absolute atomic E-state index is 11.3. The quantitative estimate of drug-likeness (QED) is 0.605. The van der Waals surface area contributed by atoms with E-state index in [1.54, 1.807) is 0 Å². The number of hydrogen-bond acceptors (Lipinski definition) is 2. The summed E-state index contributed by atoms with van der Waals surface area (Å²) in [4.78, 5) is 11.3. The smallest absolute Gasteiger partial charge is 0.306 e. The second-order valence-corrected chi connectivity index (χ2v) is 5.80. The third-order valence-corrected chi connectivity index (χ3v) is 3.92. The van der Waals surface area contributed by atoms with Gasteiger partial charge in [-0.15, -0.1) is 0 Å². The van der Waals surface area contributed by atoms with Gasteiger partial charge in [0.2, 0.25) is 0 Å². The zero-order valence-corrected chi connectivity index (χ0v) is 13.0. The molecule has 2 unspecified atom stereocenters. The van der Waals surface area contributed by atoms with E-state index in [1.165, 1.54) is 12.8 Å². The Morgan fingerprint density at radius 2 is 1.81 bits per heavy atom. The van der Waals surface area contributed by atoms with Gasteiger partial charge in [-0.1, -0.05) is 62.9 Å². The van der Waals surface area contributed by atoms with Gasteiger partial charge >= 0.3 is 5.97 Å². The van der Waals surface area contributed by atoms with Gasteiger partial charge in [0.05, 0.1) is 12.0 Å². The van der Waals surface area contributed by atoms with Crippen molar-refractivity contribution in [3.8, 4) is 0 Å². The van der Waals surface area contributed by atoms with E-state index in [0.717, 1.165) is 31.2 Å². The lowest BCUT2D eigenvalue weighted by molar-refractivity contribution is -0.143. The van der Waals surface area contributed by atoms with Crippen LogP contribution in [0, 0.1) is 5.92 Å². The number of unbranched alkanes of at least 4 members (excludes halogenated alkanes) is 3. The molecule has 0 aliphatic carbocycles. The first kappa shape index (κ1) is 17.7. The molecule has 0 aliphatic heterocycles. The van der Waals surface area contributed by atoms with Gasteiger partial charge in [0, 0.05) is 0 Å². The van der Waals surface area contributed by atoms with Crippen molar-refractivity contribution in [1.82, 2.24) is 0 Å². The van der Waals surface area contributed by atoms with E-state index in [1.807, 2.05) is 30.3 Å². The second-order valence-electron chi connectivity index (χ2n) is 5.80. The summed E-state index contributed by atoms with van der Waals surface area (Å²) in [7, 11) is 0. The summed E-state index contributed by atoms with van der Waals surface area (Å²) in [6, 6.07) is 9.92. The highest BCUT2D eigenvalue weighted by Crippen LogP contribution is 2.19. The van der Waals surface area contributed by atoms with E-state index in [9.17, 15) is 15.0 Å². The van der Waals surface area contributed by atoms with Crippen molar-refractivity contribution in [2.24, 2.45) is 5.92 Å². The molecule has 0 saturated heterocycles. The topological polar surface area (TPSA) is 57.5 Å². The van der Waals surface area contributed by atoms with Crippen molar-refractivity contribution in [3.63, 3.8) is 0 Å². The zero-order valence-electron chi connectivity index (χ0n) is 13.0. The van der Waals surface area contributed by atoms with Gasteiger partial charge in [-0.05, 0) is 31.2 Å². The summed E-state index contributed by atoms with van der Waals surface area (Å²) in [6.45, 7) is 2.15. The predicted octanol–water partition coefficient (Wildman–Crippen LogP) is 4.04. The van der Waals surface area contributed by atoms with Gasteiger partial charge in [-0.25, -0.2) is 0 Å². The SMILES string of the molecule is CCCCCCC(O)CC(CCc1ccccc1)C(=O)O. The molecule has 1 aromatic carbocycles. The van der Waals surface area contributed by atoms with Gasteiger partial charge in [0.1, 0.15) is 0 Å².